The van der Waals surface area contributed by atoms with Crippen LogP contribution in [0.1, 0.15) is 52.6 Å². The van der Waals surface area contributed by atoms with Gasteiger partial charge >= 0.3 is 5.97 Å². The number of hydrogen-bond donors (Lipinski definition) is 1. The maximum absolute atomic E-state index is 12.3. The number of nitrogens with zero attached hydrogens (tertiary/aromatic N) is 1. The summed E-state index contributed by atoms with van der Waals surface area (Å²) in [4.78, 5) is 24.6. The minimum absolute atomic E-state index is 0.0228. The van der Waals surface area contributed by atoms with Crippen molar-refractivity contribution in [3.05, 3.63) is 95.1 Å². The number of carbonyl (C=O) groups is 2. The van der Waals surface area contributed by atoms with Crippen LogP contribution >= 0.6 is 0 Å². The van der Waals surface area contributed by atoms with E-state index in [4.69, 9.17) is 9.47 Å². The van der Waals surface area contributed by atoms with Crippen LogP contribution in [0.5, 0.6) is 11.5 Å². The largest absolute Gasteiger partial charge is 0.497 e. The van der Waals surface area contributed by atoms with Crippen LogP contribution in [-0.2, 0) is 5.41 Å². The van der Waals surface area contributed by atoms with Gasteiger partial charge in [-0.1, -0.05) is 45.0 Å². The van der Waals surface area contributed by atoms with Gasteiger partial charge in [-0.05, 0) is 65.1 Å². The van der Waals surface area contributed by atoms with Crippen molar-refractivity contribution < 1.29 is 19.1 Å². The summed E-state index contributed by atoms with van der Waals surface area (Å²) < 4.78 is 10.5. The Morgan fingerprint density at radius 2 is 1.53 bits per heavy atom. The van der Waals surface area contributed by atoms with Gasteiger partial charge in [0, 0.05) is 5.56 Å². The highest BCUT2D eigenvalue weighted by molar-refractivity contribution is 5.95. The maximum Gasteiger partial charge on any atom is 0.343 e. The van der Waals surface area contributed by atoms with Crippen molar-refractivity contribution >= 4 is 18.1 Å². The molecule has 0 fully saturated rings. The normalized spacial score (nSPS) is 11.2. The summed E-state index contributed by atoms with van der Waals surface area (Å²) in [5.74, 6) is 0.253. The standard InChI is InChI=1S/C26H26N2O4/c1-26(2,3)21-12-8-19(9-13-21)24(29)28-27-17-18-6-5-7-23(16-18)32-25(30)20-10-14-22(31-4)15-11-20/h5-17H,1-4H3,(H,28,29)/b27-17-. The molecule has 0 atom stereocenters. The van der Waals surface area contributed by atoms with Crippen molar-refractivity contribution in [2.45, 2.75) is 26.2 Å². The molecule has 6 heteroatoms. The molecule has 0 spiro atoms. The van der Waals surface area contributed by atoms with E-state index >= 15 is 0 Å². The Kier molecular flexibility index (Phi) is 7.05. The molecule has 0 aromatic heterocycles. The third-order valence-corrected chi connectivity index (χ3v) is 4.79. The molecule has 1 amide bonds. The lowest BCUT2D eigenvalue weighted by Crippen LogP contribution is -2.18. The lowest BCUT2D eigenvalue weighted by molar-refractivity contribution is 0.0734. The highest BCUT2D eigenvalue weighted by Crippen LogP contribution is 2.22. The topological polar surface area (TPSA) is 77.0 Å². The molecule has 0 saturated carbocycles. The first-order valence-electron chi connectivity index (χ1n) is 10.2. The highest BCUT2D eigenvalue weighted by Gasteiger charge is 2.14. The molecule has 32 heavy (non-hydrogen) atoms. The summed E-state index contributed by atoms with van der Waals surface area (Å²) in [6.07, 6.45) is 1.49. The van der Waals surface area contributed by atoms with Crippen molar-refractivity contribution in [1.82, 2.24) is 5.43 Å². The number of benzene rings is 3. The fourth-order valence-electron chi connectivity index (χ4n) is 2.90. The number of hydrazone groups is 1. The van der Waals surface area contributed by atoms with E-state index in [1.165, 1.54) is 6.21 Å². The van der Waals surface area contributed by atoms with Gasteiger partial charge in [0.05, 0.1) is 18.9 Å². The molecular formula is C26H26N2O4. The Bertz CT molecular complexity index is 1110. The summed E-state index contributed by atoms with van der Waals surface area (Å²) in [5.41, 5.74) is 5.30. The van der Waals surface area contributed by atoms with Crippen molar-refractivity contribution in [2.24, 2.45) is 5.10 Å². The fourth-order valence-corrected chi connectivity index (χ4v) is 2.90. The molecule has 1 N–H and O–H groups in total. The quantitative estimate of drug-likeness (QED) is 0.259. The molecule has 0 radical (unpaired) electrons. The van der Waals surface area contributed by atoms with E-state index in [0.717, 1.165) is 5.56 Å². The Morgan fingerprint density at radius 1 is 0.875 bits per heavy atom. The predicted octanol–water partition coefficient (Wildman–Crippen LogP) is 4.98. The third-order valence-electron chi connectivity index (χ3n) is 4.79. The molecule has 3 aromatic rings. The van der Waals surface area contributed by atoms with Gasteiger partial charge in [0.2, 0.25) is 0 Å². The van der Waals surface area contributed by atoms with Crippen LogP contribution in [0.4, 0.5) is 0 Å². The first kappa shape index (κ1) is 22.7. The monoisotopic (exact) mass is 430 g/mol. The smallest absolute Gasteiger partial charge is 0.343 e. The summed E-state index contributed by atoms with van der Waals surface area (Å²) in [6.45, 7) is 6.36. The summed E-state index contributed by atoms with van der Waals surface area (Å²) in [7, 11) is 1.56. The zero-order chi connectivity index (χ0) is 23.1. The van der Waals surface area contributed by atoms with Crippen LogP contribution < -0.4 is 14.9 Å². The number of esters is 1. The van der Waals surface area contributed by atoms with Gasteiger partial charge in [-0.25, -0.2) is 10.2 Å². The number of methoxy groups -OCH3 is 1. The molecular weight excluding hydrogens is 404 g/mol. The third kappa shape index (κ3) is 6.04. The molecule has 0 bridgehead atoms. The lowest BCUT2D eigenvalue weighted by Gasteiger charge is -2.18. The van der Waals surface area contributed by atoms with Crippen LogP contribution in [0.2, 0.25) is 0 Å². The number of hydrogen-bond acceptors (Lipinski definition) is 5. The van der Waals surface area contributed by atoms with E-state index in [1.54, 1.807) is 67.8 Å². The van der Waals surface area contributed by atoms with Crippen LogP contribution in [0.15, 0.2) is 77.9 Å². The second-order valence-corrected chi connectivity index (χ2v) is 8.22. The molecule has 0 saturated heterocycles. The summed E-state index contributed by atoms with van der Waals surface area (Å²) in [5, 5.41) is 4.01. The summed E-state index contributed by atoms with van der Waals surface area (Å²) in [6, 6.07) is 21.0. The van der Waals surface area contributed by atoms with Gasteiger partial charge in [0.25, 0.3) is 5.91 Å². The average molecular weight is 431 g/mol. The Balaban J connectivity index is 1.60. The van der Waals surface area contributed by atoms with Crippen molar-refractivity contribution in [1.29, 1.82) is 0 Å². The SMILES string of the molecule is COc1ccc(C(=O)Oc2cccc(/C=N\NC(=O)c3ccc(C(C)(C)C)cc3)c2)cc1. The van der Waals surface area contributed by atoms with Crippen molar-refractivity contribution in [3.63, 3.8) is 0 Å². The van der Waals surface area contributed by atoms with Crippen molar-refractivity contribution in [3.8, 4) is 11.5 Å². The molecule has 3 rings (SSSR count). The molecule has 0 unspecified atom stereocenters. The van der Waals surface area contributed by atoms with Crippen molar-refractivity contribution in [2.75, 3.05) is 7.11 Å². The van der Waals surface area contributed by atoms with Gasteiger partial charge in [0.1, 0.15) is 11.5 Å². The van der Waals surface area contributed by atoms with Crippen LogP contribution in [0, 0.1) is 0 Å². The zero-order valence-electron chi connectivity index (χ0n) is 18.6. The number of carbonyl (C=O) groups excluding carboxylic acids is 2. The first-order valence-corrected chi connectivity index (χ1v) is 10.2. The molecule has 164 valence electrons. The molecule has 0 heterocycles. The molecule has 0 aliphatic carbocycles. The highest BCUT2D eigenvalue weighted by atomic mass is 16.5. The Labute approximate surface area is 187 Å². The molecule has 0 aliphatic heterocycles. The number of ether oxygens (including phenoxy) is 2. The van der Waals surface area contributed by atoms with Gasteiger partial charge in [-0.3, -0.25) is 4.79 Å². The van der Waals surface area contributed by atoms with E-state index in [1.807, 2.05) is 12.1 Å². The number of nitrogens with one attached hydrogen (secondary N) is 1. The minimum Gasteiger partial charge on any atom is -0.497 e. The second kappa shape index (κ2) is 9.92. The van der Waals surface area contributed by atoms with E-state index in [-0.39, 0.29) is 11.3 Å². The lowest BCUT2D eigenvalue weighted by atomic mass is 9.87. The van der Waals surface area contributed by atoms with E-state index in [0.29, 0.717) is 28.2 Å². The van der Waals surface area contributed by atoms with E-state index < -0.39 is 5.97 Å². The Hall–Kier alpha value is -3.93. The first-order chi connectivity index (χ1) is 15.3. The fraction of sp³-hybridized carbons (Fsp3) is 0.192. The van der Waals surface area contributed by atoms with Gasteiger partial charge in [-0.15, -0.1) is 0 Å². The minimum atomic E-state index is -0.478. The van der Waals surface area contributed by atoms with E-state index in [2.05, 4.69) is 31.3 Å². The van der Waals surface area contributed by atoms with Gasteiger partial charge in [0.15, 0.2) is 0 Å². The van der Waals surface area contributed by atoms with Crippen LogP contribution in [-0.4, -0.2) is 25.2 Å². The van der Waals surface area contributed by atoms with Crippen LogP contribution in [0.3, 0.4) is 0 Å². The van der Waals surface area contributed by atoms with Crippen LogP contribution in [0.25, 0.3) is 0 Å². The average Bonchev–Trinajstić information content (AvgIpc) is 2.79. The van der Waals surface area contributed by atoms with E-state index in [9.17, 15) is 9.59 Å². The number of rotatable bonds is 6. The van der Waals surface area contributed by atoms with Gasteiger partial charge < -0.3 is 9.47 Å². The number of amides is 1. The molecule has 0 aliphatic rings. The molecule has 3 aromatic carbocycles. The molecule has 6 nitrogen and oxygen atoms in total. The van der Waals surface area contributed by atoms with Gasteiger partial charge in [-0.2, -0.15) is 5.10 Å². The summed E-state index contributed by atoms with van der Waals surface area (Å²) >= 11 is 0. The predicted molar refractivity (Wildman–Crippen MR) is 125 cm³/mol. The second-order valence-electron chi connectivity index (χ2n) is 8.22. The zero-order valence-corrected chi connectivity index (χ0v) is 18.6. The Morgan fingerprint density at radius 3 is 2.16 bits per heavy atom. The maximum atomic E-state index is 12.3.